The molecule has 0 spiro atoms. The summed E-state index contributed by atoms with van der Waals surface area (Å²) in [5.41, 5.74) is 1.39. The summed E-state index contributed by atoms with van der Waals surface area (Å²) in [5.74, 6) is 0. The first-order chi connectivity index (χ1) is 8.55. The molecule has 1 rings (SSSR count). The molecule has 102 valence electrons. The Labute approximate surface area is 109 Å². The lowest BCUT2D eigenvalue weighted by Gasteiger charge is -2.11. The Hall–Kier alpha value is -0.910. The Morgan fingerprint density at radius 1 is 1.28 bits per heavy atom. The number of benzene rings is 1. The first kappa shape index (κ1) is 15.1. The zero-order chi connectivity index (χ0) is 13.6. The molecule has 18 heavy (non-hydrogen) atoms. The summed E-state index contributed by atoms with van der Waals surface area (Å²) in [4.78, 5) is 0.285. The van der Waals surface area contributed by atoms with Gasteiger partial charge < -0.3 is 5.11 Å². The summed E-state index contributed by atoms with van der Waals surface area (Å²) in [7, 11) is -3.47. The minimum atomic E-state index is -3.47. The van der Waals surface area contributed by atoms with E-state index in [0.29, 0.717) is 18.5 Å². The van der Waals surface area contributed by atoms with Crippen molar-refractivity contribution in [3.8, 4) is 0 Å². The molecule has 0 radical (unpaired) electrons. The smallest absolute Gasteiger partial charge is 0.240 e. The van der Waals surface area contributed by atoms with Gasteiger partial charge in [0.15, 0.2) is 0 Å². The molecule has 0 aliphatic heterocycles. The molecule has 0 heterocycles. The lowest BCUT2D eigenvalue weighted by Crippen LogP contribution is -2.25. The highest BCUT2D eigenvalue weighted by Gasteiger charge is 2.17. The number of unbranched alkanes of at least 4 members (excludes halogenated alkanes) is 1. The molecule has 0 unspecified atom stereocenters. The van der Waals surface area contributed by atoms with Gasteiger partial charge in [-0.3, -0.25) is 0 Å². The maximum absolute atomic E-state index is 12.2. The van der Waals surface area contributed by atoms with Crippen LogP contribution in [0.4, 0.5) is 0 Å². The number of aryl methyl sites for hydroxylation is 1. The number of sulfonamides is 1. The largest absolute Gasteiger partial charge is 0.392 e. The fraction of sp³-hybridized carbons (Fsp3) is 0.538. The average Bonchev–Trinajstić information content (AvgIpc) is 2.38. The van der Waals surface area contributed by atoms with Gasteiger partial charge in [-0.2, -0.15) is 0 Å². The number of hydrogen-bond acceptors (Lipinski definition) is 3. The molecule has 1 aromatic rings. The van der Waals surface area contributed by atoms with E-state index in [0.717, 1.165) is 18.4 Å². The third kappa shape index (κ3) is 3.80. The molecule has 2 N–H and O–H groups in total. The molecular weight excluding hydrogens is 250 g/mol. The van der Waals surface area contributed by atoms with Gasteiger partial charge in [0.1, 0.15) is 0 Å². The first-order valence-corrected chi connectivity index (χ1v) is 7.75. The zero-order valence-corrected chi connectivity index (χ0v) is 11.8. The molecule has 0 aromatic heterocycles. The molecule has 0 fully saturated rings. The maximum Gasteiger partial charge on any atom is 0.240 e. The number of nitrogens with one attached hydrogen (secondary N) is 1. The number of hydrogen-bond donors (Lipinski definition) is 2. The van der Waals surface area contributed by atoms with Gasteiger partial charge in [0.25, 0.3) is 0 Å². The summed E-state index contributed by atoms with van der Waals surface area (Å²) in [5, 5.41) is 9.09. The molecule has 0 saturated carbocycles. The predicted octanol–water partition coefficient (Wildman–Crippen LogP) is 1.82. The van der Waals surface area contributed by atoms with Crippen LogP contribution in [0, 0.1) is 0 Å². The third-order valence-electron chi connectivity index (χ3n) is 2.81. The van der Waals surface area contributed by atoms with Crippen molar-refractivity contribution in [1.82, 2.24) is 4.72 Å². The van der Waals surface area contributed by atoms with E-state index in [1.807, 2.05) is 13.8 Å². The van der Waals surface area contributed by atoms with Crippen molar-refractivity contribution in [3.63, 3.8) is 0 Å². The normalized spacial score (nSPS) is 11.7. The topological polar surface area (TPSA) is 66.4 Å². The number of aliphatic hydroxyl groups is 1. The second kappa shape index (κ2) is 6.87. The van der Waals surface area contributed by atoms with E-state index < -0.39 is 10.0 Å². The lowest BCUT2D eigenvalue weighted by atomic mass is 10.1. The van der Waals surface area contributed by atoms with E-state index in [1.54, 1.807) is 18.2 Å². The van der Waals surface area contributed by atoms with Crippen molar-refractivity contribution in [3.05, 3.63) is 29.3 Å². The average molecular weight is 271 g/mol. The Morgan fingerprint density at radius 2 is 2.00 bits per heavy atom. The zero-order valence-electron chi connectivity index (χ0n) is 10.9. The van der Waals surface area contributed by atoms with Crippen LogP contribution in [0.3, 0.4) is 0 Å². The molecule has 0 aliphatic rings. The molecule has 4 nitrogen and oxygen atoms in total. The van der Waals surface area contributed by atoms with Crippen LogP contribution >= 0.6 is 0 Å². The molecule has 5 heteroatoms. The fourth-order valence-corrected chi connectivity index (χ4v) is 3.13. The molecular formula is C13H21NO3S. The maximum atomic E-state index is 12.2. The molecule has 0 saturated heterocycles. The van der Waals surface area contributed by atoms with Crippen molar-refractivity contribution in [2.45, 2.75) is 44.6 Å². The van der Waals surface area contributed by atoms with Crippen molar-refractivity contribution >= 4 is 10.0 Å². The highest BCUT2D eigenvalue weighted by Crippen LogP contribution is 2.18. The van der Waals surface area contributed by atoms with Gasteiger partial charge in [-0.1, -0.05) is 32.4 Å². The lowest BCUT2D eigenvalue weighted by molar-refractivity contribution is 0.281. The summed E-state index contributed by atoms with van der Waals surface area (Å²) in [6.45, 7) is 4.23. The van der Waals surface area contributed by atoms with Crippen LogP contribution in [-0.4, -0.2) is 20.1 Å². The monoisotopic (exact) mass is 271 g/mol. The third-order valence-corrected chi connectivity index (χ3v) is 4.35. The quantitative estimate of drug-likeness (QED) is 0.743. The van der Waals surface area contributed by atoms with Gasteiger partial charge in [-0.05, 0) is 30.0 Å². The van der Waals surface area contributed by atoms with Crippen LogP contribution in [0.25, 0.3) is 0 Å². The van der Waals surface area contributed by atoms with Gasteiger partial charge in [0.2, 0.25) is 10.0 Å². The molecule has 0 aliphatic carbocycles. The summed E-state index contributed by atoms with van der Waals surface area (Å²) < 4.78 is 26.9. The molecule has 0 bridgehead atoms. The standard InChI is InChI=1S/C13H21NO3S/c1-3-5-8-14-18(16,17)13-9-11(10-15)6-7-12(13)4-2/h6-7,9,14-15H,3-5,8,10H2,1-2H3. The Balaban J connectivity index is 3.05. The van der Waals surface area contributed by atoms with Crippen molar-refractivity contribution < 1.29 is 13.5 Å². The predicted molar refractivity (Wildman–Crippen MR) is 71.8 cm³/mol. The first-order valence-electron chi connectivity index (χ1n) is 6.27. The number of rotatable bonds is 7. The number of aliphatic hydroxyl groups excluding tert-OH is 1. The minimum absolute atomic E-state index is 0.151. The van der Waals surface area contributed by atoms with Gasteiger partial charge >= 0.3 is 0 Å². The van der Waals surface area contributed by atoms with Crippen molar-refractivity contribution in [1.29, 1.82) is 0 Å². The Bertz CT molecular complexity index is 483. The van der Waals surface area contributed by atoms with Crippen LogP contribution in [0.5, 0.6) is 0 Å². The van der Waals surface area contributed by atoms with E-state index in [9.17, 15) is 8.42 Å². The van der Waals surface area contributed by atoms with E-state index >= 15 is 0 Å². The Morgan fingerprint density at radius 3 is 2.56 bits per heavy atom. The minimum Gasteiger partial charge on any atom is -0.392 e. The highest BCUT2D eigenvalue weighted by molar-refractivity contribution is 7.89. The van der Waals surface area contributed by atoms with Crippen LogP contribution in [0.2, 0.25) is 0 Å². The summed E-state index contributed by atoms with van der Waals surface area (Å²) in [6, 6.07) is 5.07. The van der Waals surface area contributed by atoms with E-state index in [4.69, 9.17) is 5.11 Å². The van der Waals surface area contributed by atoms with Gasteiger partial charge in [0, 0.05) is 6.54 Å². The van der Waals surface area contributed by atoms with Gasteiger partial charge in [-0.25, -0.2) is 13.1 Å². The SMILES string of the molecule is CCCCNS(=O)(=O)c1cc(CO)ccc1CC. The summed E-state index contributed by atoms with van der Waals surface area (Å²) in [6.07, 6.45) is 2.41. The van der Waals surface area contributed by atoms with Crippen LogP contribution in [0.1, 0.15) is 37.8 Å². The van der Waals surface area contributed by atoms with E-state index in [2.05, 4.69) is 4.72 Å². The van der Waals surface area contributed by atoms with Crippen LogP contribution in [0.15, 0.2) is 23.1 Å². The second-order valence-electron chi connectivity index (χ2n) is 4.21. The second-order valence-corrected chi connectivity index (χ2v) is 5.94. The van der Waals surface area contributed by atoms with Crippen molar-refractivity contribution in [2.75, 3.05) is 6.54 Å². The molecule has 0 atom stereocenters. The van der Waals surface area contributed by atoms with Gasteiger partial charge in [-0.15, -0.1) is 0 Å². The highest BCUT2D eigenvalue weighted by atomic mass is 32.2. The Kier molecular flexibility index (Phi) is 5.78. The van der Waals surface area contributed by atoms with Crippen molar-refractivity contribution in [2.24, 2.45) is 0 Å². The molecule has 1 aromatic carbocycles. The van der Waals surface area contributed by atoms with E-state index in [-0.39, 0.29) is 11.5 Å². The molecule has 0 amide bonds. The van der Waals surface area contributed by atoms with Gasteiger partial charge in [0.05, 0.1) is 11.5 Å². The van der Waals surface area contributed by atoms with Crippen LogP contribution in [-0.2, 0) is 23.1 Å². The fourth-order valence-electron chi connectivity index (χ4n) is 1.70. The van der Waals surface area contributed by atoms with E-state index in [1.165, 1.54) is 0 Å². The summed E-state index contributed by atoms with van der Waals surface area (Å²) >= 11 is 0. The van der Waals surface area contributed by atoms with Crippen LogP contribution < -0.4 is 4.72 Å².